The molecule has 2 heterocycles. The van der Waals surface area contributed by atoms with Gasteiger partial charge in [-0.1, -0.05) is 23.2 Å². The third kappa shape index (κ3) is 2.36. The van der Waals surface area contributed by atoms with Crippen LogP contribution in [0.3, 0.4) is 0 Å². The lowest BCUT2D eigenvalue weighted by atomic mass is 10.1. The van der Waals surface area contributed by atoms with Gasteiger partial charge in [0, 0.05) is 25.7 Å². The molecular weight excluding hydrogens is 221 g/mol. The molecule has 2 N–H and O–H groups in total. The van der Waals surface area contributed by atoms with Gasteiger partial charge in [-0.2, -0.15) is 0 Å². The van der Waals surface area contributed by atoms with Crippen molar-refractivity contribution in [2.45, 2.75) is 6.04 Å². The van der Waals surface area contributed by atoms with Crippen molar-refractivity contribution in [3.05, 3.63) is 28.0 Å². The summed E-state index contributed by atoms with van der Waals surface area (Å²) < 4.78 is 0. The van der Waals surface area contributed by atoms with Gasteiger partial charge in [0.25, 0.3) is 0 Å². The maximum absolute atomic E-state index is 5.83. The number of piperazine rings is 1. The van der Waals surface area contributed by atoms with E-state index in [-0.39, 0.29) is 6.04 Å². The highest BCUT2D eigenvalue weighted by molar-refractivity contribution is 6.32. The van der Waals surface area contributed by atoms with Gasteiger partial charge >= 0.3 is 0 Å². The summed E-state index contributed by atoms with van der Waals surface area (Å²) in [6, 6.07) is 3.97. The Morgan fingerprint density at radius 1 is 1.21 bits per heavy atom. The van der Waals surface area contributed by atoms with Crippen LogP contribution in [-0.4, -0.2) is 24.6 Å². The molecule has 0 bridgehead atoms. The molecule has 3 nitrogen and oxygen atoms in total. The van der Waals surface area contributed by atoms with Gasteiger partial charge in [-0.05, 0) is 17.7 Å². The minimum absolute atomic E-state index is 0.279. The summed E-state index contributed by atoms with van der Waals surface area (Å²) in [7, 11) is 0. The normalized spacial score (nSPS) is 22.3. The molecule has 0 aliphatic carbocycles. The first-order valence-electron chi connectivity index (χ1n) is 4.53. The van der Waals surface area contributed by atoms with Gasteiger partial charge in [0.15, 0.2) is 0 Å². The zero-order valence-electron chi connectivity index (χ0n) is 7.56. The first-order valence-corrected chi connectivity index (χ1v) is 5.28. The van der Waals surface area contributed by atoms with Crippen LogP contribution >= 0.6 is 23.2 Å². The predicted molar refractivity (Wildman–Crippen MR) is 57.9 cm³/mol. The van der Waals surface area contributed by atoms with Crippen LogP contribution in [-0.2, 0) is 0 Å². The van der Waals surface area contributed by atoms with Gasteiger partial charge < -0.3 is 10.6 Å². The van der Waals surface area contributed by atoms with Crippen molar-refractivity contribution >= 4 is 23.2 Å². The van der Waals surface area contributed by atoms with E-state index in [4.69, 9.17) is 23.2 Å². The Balaban J connectivity index is 2.21. The molecule has 14 heavy (non-hydrogen) atoms. The maximum Gasteiger partial charge on any atom is 0.131 e. The fourth-order valence-electron chi connectivity index (χ4n) is 1.57. The minimum Gasteiger partial charge on any atom is -0.314 e. The van der Waals surface area contributed by atoms with Crippen molar-refractivity contribution < 1.29 is 0 Å². The Morgan fingerprint density at radius 3 is 2.50 bits per heavy atom. The summed E-state index contributed by atoms with van der Waals surface area (Å²) in [5.41, 5.74) is 1.09. The minimum atomic E-state index is 0.279. The molecule has 0 radical (unpaired) electrons. The summed E-state index contributed by atoms with van der Waals surface area (Å²) in [6.07, 6.45) is 0. The molecule has 0 saturated carbocycles. The molecule has 1 atom stereocenters. The number of hydrogen-bond acceptors (Lipinski definition) is 3. The van der Waals surface area contributed by atoms with Gasteiger partial charge in [-0.15, -0.1) is 0 Å². The zero-order chi connectivity index (χ0) is 9.97. The molecule has 0 aromatic carbocycles. The second-order valence-corrected chi connectivity index (χ2v) is 4.03. The van der Waals surface area contributed by atoms with Gasteiger partial charge in [-0.25, -0.2) is 4.98 Å². The van der Waals surface area contributed by atoms with Crippen molar-refractivity contribution in [3.8, 4) is 0 Å². The average molecular weight is 232 g/mol. The lowest BCUT2D eigenvalue weighted by molar-refractivity contribution is 0.430. The van der Waals surface area contributed by atoms with Crippen LogP contribution in [0.5, 0.6) is 0 Å². The number of rotatable bonds is 1. The number of nitrogens with zero attached hydrogens (tertiary/aromatic N) is 1. The van der Waals surface area contributed by atoms with E-state index in [9.17, 15) is 0 Å². The van der Waals surface area contributed by atoms with Crippen molar-refractivity contribution in [1.82, 2.24) is 15.6 Å². The van der Waals surface area contributed by atoms with E-state index >= 15 is 0 Å². The first kappa shape index (κ1) is 10.2. The quantitative estimate of drug-likeness (QED) is 0.722. The highest BCUT2D eigenvalue weighted by atomic mass is 35.5. The van der Waals surface area contributed by atoms with Crippen LogP contribution in [0.25, 0.3) is 0 Å². The maximum atomic E-state index is 5.83. The van der Waals surface area contributed by atoms with E-state index in [1.54, 1.807) is 0 Å². The van der Waals surface area contributed by atoms with Crippen molar-refractivity contribution in [1.29, 1.82) is 0 Å². The van der Waals surface area contributed by atoms with Gasteiger partial charge in [0.2, 0.25) is 0 Å². The van der Waals surface area contributed by atoms with Crippen molar-refractivity contribution in [2.75, 3.05) is 19.6 Å². The predicted octanol–water partition coefficient (Wildman–Crippen LogP) is 1.62. The molecule has 5 heteroatoms. The van der Waals surface area contributed by atoms with Crippen LogP contribution in [0, 0.1) is 0 Å². The Labute approximate surface area is 92.8 Å². The summed E-state index contributed by atoms with van der Waals surface area (Å²) in [6.45, 7) is 2.86. The molecule has 1 aliphatic rings. The molecule has 0 spiro atoms. The number of aromatic nitrogens is 1. The Morgan fingerprint density at radius 2 is 1.93 bits per heavy atom. The second-order valence-electron chi connectivity index (χ2n) is 3.26. The fourth-order valence-corrected chi connectivity index (χ4v) is 2.05. The topological polar surface area (TPSA) is 37.0 Å². The number of halogens is 2. The summed E-state index contributed by atoms with van der Waals surface area (Å²) >= 11 is 11.7. The summed E-state index contributed by atoms with van der Waals surface area (Å²) in [5, 5.41) is 7.57. The molecule has 1 saturated heterocycles. The van der Waals surface area contributed by atoms with Crippen LogP contribution in [0.15, 0.2) is 12.1 Å². The van der Waals surface area contributed by atoms with E-state index < -0.39 is 0 Å². The number of hydrogen-bond donors (Lipinski definition) is 2. The van der Waals surface area contributed by atoms with Crippen LogP contribution in [0.1, 0.15) is 11.6 Å². The van der Waals surface area contributed by atoms with E-state index in [0.29, 0.717) is 10.3 Å². The smallest absolute Gasteiger partial charge is 0.131 e. The van der Waals surface area contributed by atoms with Crippen LogP contribution < -0.4 is 10.6 Å². The van der Waals surface area contributed by atoms with E-state index in [1.165, 1.54) is 0 Å². The molecule has 1 aromatic rings. The molecular formula is C9H11Cl2N3. The van der Waals surface area contributed by atoms with Crippen LogP contribution in [0.4, 0.5) is 0 Å². The first-order chi connectivity index (χ1) is 6.75. The SMILES string of the molecule is Clc1cc(C2CNCCN2)cc(Cl)n1. The molecule has 1 aromatic heterocycles. The largest absolute Gasteiger partial charge is 0.314 e. The van der Waals surface area contributed by atoms with E-state index in [0.717, 1.165) is 25.2 Å². The zero-order valence-corrected chi connectivity index (χ0v) is 9.07. The van der Waals surface area contributed by atoms with Crippen molar-refractivity contribution in [2.24, 2.45) is 0 Å². The number of pyridine rings is 1. The second kappa shape index (κ2) is 4.45. The third-order valence-corrected chi connectivity index (χ3v) is 2.62. The van der Waals surface area contributed by atoms with Gasteiger partial charge in [-0.3, -0.25) is 0 Å². The lowest BCUT2D eigenvalue weighted by Crippen LogP contribution is -2.42. The van der Waals surface area contributed by atoms with Gasteiger partial charge in [0.05, 0.1) is 0 Å². The van der Waals surface area contributed by atoms with E-state index in [1.807, 2.05) is 12.1 Å². The molecule has 1 unspecified atom stereocenters. The average Bonchev–Trinajstić information content (AvgIpc) is 2.18. The third-order valence-electron chi connectivity index (χ3n) is 2.23. The lowest BCUT2D eigenvalue weighted by Gasteiger charge is -2.24. The van der Waals surface area contributed by atoms with Crippen molar-refractivity contribution in [3.63, 3.8) is 0 Å². The Bertz CT molecular complexity index is 304. The Kier molecular flexibility index (Phi) is 3.23. The monoisotopic (exact) mass is 231 g/mol. The highest BCUT2D eigenvalue weighted by Gasteiger charge is 2.15. The molecule has 76 valence electrons. The molecule has 1 aliphatic heterocycles. The Hall–Kier alpha value is -0.350. The van der Waals surface area contributed by atoms with E-state index in [2.05, 4.69) is 15.6 Å². The van der Waals surface area contributed by atoms with Crippen LogP contribution in [0.2, 0.25) is 10.3 Å². The standard InChI is InChI=1S/C9H11Cl2N3/c10-8-3-6(4-9(11)14-8)7-5-12-1-2-13-7/h3-4,7,12-13H,1-2,5H2. The highest BCUT2D eigenvalue weighted by Crippen LogP contribution is 2.20. The molecule has 0 amide bonds. The summed E-state index contributed by atoms with van der Waals surface area (Å²) in [5.74, 6) is 0. The molecule has 1 fully saturated rings. The molecule has 2 rings (SSSR count). The number of nitrogens with one attached hydrogen (secondary N) is 2. The fraction of sp³-hybridized carbons (Fsp3) is 0.444. The van der Waals surface area contributed by atoms with Gasteiger partial charge in [0.1, 0.15) is 10.3 Å². The summed E-state index contributed by atoms with van der Waals surface area (Å²) in [4.78, 5) is 3.91.